The summed E-state index contributed by atoms with van der Waals surface area (Å²) in [6, 6.07) is 0. The second-order valence-corrected chi connectivity index (χ2v) is 15.3. The molecule has 0 aliphatic carbocycles. The lowest BCUT2D eigenvalue weighted by Crippen LogP contribution is -2.30. The molecular formula is C48H86O6. The van der Waals surface area contributed by atoms with Crippen LogP contribution in [0.1, 0.15) is 233 Å². The van der Waals surface area contributed by atoms with Gasteiger partial charge in [-0.15, -0.1) is 0 Å². The molecule has 6 heteroatoms. The Hall–Kier alpha value is -2.37. The molecule has 0 bridgehead atoms. The quantitative estimate of drug-likeness (QED) is 0.0267. The summed E-state index contributed by atoms with van der Waals surface area (Å²) in [4.78, 5) is 37.7. The summed E-state index contributed by atoms with van der Waals surface area (Å²) < 4.78 is 16.7. The molecule has 0 aliphatic heterocycles. The maximum absolute atomic E-state index is 12.7. The van der Waals surface area contributed by atoms with Gasteiger partial charge in [-0.1, -0.05) is 166 Å². The lowest BCUT2D eigenvalue weighted by atomic mass is 10.1. The molecule has 0 aliphatic rings. The van der Waals surface area contributed by atoms with Gasteiger partial charge in [0.15, 0.2) is 6.10 Å². The summed E-state index contributed by atoms with van der Waals surface area (Å²) in [6.45, 7) is 6.48. The SMILES string of the molecule is CCC/C=C\CCCCCCCC(=O)OCC(COC(=O)CCCCCCC/C=C\CCCCCCCCC)OC(=O)CCCCCCC/C=C\CCC. The number of hydrogen-bond donors (Lipinski definition) is 0. The first-order valence-corrected chi connectivity index (χ1v) is 23.0. The fraction of sp³-hybridized carbons (Fsp3) is 0.812. The highest BCUT2D eigenvalue weighted by Gasteiger charge is 2.19. The Morgan fingerprint density at radius 2 is 0.648 bits per heavy atom. The van der Waals surface area contributed by atoms with E-state index in [-0.39, 0.29) is 31.1 Å². The maximum atomic E-state index is 12.7. The summed E-state index contributed by atoms with van der Waals surface area (Å²) in [5, 5.41) is 0. The predicted molar refractivity (Wildman–Crippen MR) is 229 cm³/mol. The Bertz CT molecular complexity index is 922. The number of rotatable bonds is 41. The number of esters is 3. The molecule has 54 heavy (non-hydrogen) atoms. The first-order valence-electron chi connectivity index (χ1n) is 23.0. The van der Waals surface area contributed by atoms with Crippen LogP contribution in [0.4, 0.5) is 0 Å². The minimum atomic E-state index is -0.778. The van der Waals surface area contributed by atoms with Crippen molar-refractivity contribution in [1.82, 2.24) is 0 Å². The molecule has 0 aromatic carbocycles. The van der Waals surface area contributed by atoms with Crippen LogP contribution in [0.15, 0.2) is 36.5 Å². The topological polar surface area (TPSA) is 78.9 Å². The molecular weight excluding hydrogens is 673 g/mol. The van der Waals surface area contributed by atoms with Crippen molar-refractivity contribution in [1.29, 1.82) is 0 Å². The number of hydrogen-bond acceptors (Lipinski definition) is 6. The second kappa shape index (κ2) is 43.4. The molecule has 0 heterocycles. The summed E-state index contributed by atoms with van der Waals surface area (Å²) in [6.07, 6.45) is 48.5. The molecule has 0 spiro atoms. The molecule has 0 rings (SSSR count). The van der Waals surface area contributed by atoms with E-state index in [9.17, 15) is 14.4 Å². The van der Waals surface area contributed by atoms with Gasteiger partial charge in [-0.25, -0.2) is 0 Å². The molecule has 0 aromatic rings. The highest BCUT2D eigenvalue weighted by molar-refractivity contribution is 5.71. The summed E-state index contributed by atoms with van der Waals surface area (Å²) >= 11 is 0. The van der Waals surface area contributed by atoms with Crippen LogP contribution in [0.25, 0.3) is 0 Å². The molecule has 0 saturated heterocycles. The largest absolute Gasteiger partial charge is 0.462 e. The van der Waals surface area contributed by atoms with Crippen molar-refractivity contribution in [3.8, 4) is 0 Å². The van der Waals surface area contributed by atoms with E-state index in [1.165, 1.54) is 96.3 Å². The zero-order chi connectivity index (χ0) is 39.4. The van der Waals surface area contributed by atoms with Crippen LogP contribution in [0, 0.1) is 0 Å². The Morgan fingerprint density at radius 1 is 0.352 bits per heavy atom. The average molecular weight is 759 g/mol. The average Bonchev–Trinajstić information content (AvgIpc) is 3.17. The van der Waals surface area contributed by atoms with E-state index in [0.717, 1.165) is 96.3 Å². The Kier molecular flexibility index (Phi) is 41.5. The fourth-order valence-corrected chi connectivity index (χ4v) is 6.32. The number of ether oxygens (including phenoxy) is 3. The van der Waals surface area contributed by atoms with Crippen molar-refractivity contribution in [3.05, 3.63) is 36.5 Å². The van der Waals surface area contributed by atoms with Gasteiger partial charge in [0.2, 0.25) is 0 Å². The molecule has 1 unspecified atom stereocenters. The number of allylic oxidation sites excluding steroid dienone is 6. The first kappa shape index (κ1) is 51.6. The molecule has 0 aromatic heterocycles. The van der Waals surface area contributed by atoms with Gasteiger partial charge in [0.1, 0.15) is 13.2 Å². The van der Waals surface area contributed by atoms with Crippen molar-refractivity contribution in [3.63, 3.8) is 0 Å². The monoisotopic (exact) mass is 759 g/mol. The molecule has 0 N–H and O–H groups in total. The van der Waals surface area contributed by atoms with Gasteiger partial charge in [0.05, 0.1) is 0 Å². The minimum absolute atomic E-state index is 0.0820. The predicted octanol–water partition coefficient (Wildman–Crippen LogP) is 14.6. The third-order valence-electron chi connectivity index (χ3n) is 9.80. The van der Waals surface area contributed by atoms with E-state index in [4.69, 9.17) is 14.2 Å². The van der Waals surface area contributed by atoms with E-state index >= 15 is 0 Å². The second-order valence-electron chi connectivity index (χ2n) is 15.3. The molecule has 1 atom stereocenters. The van der Waals surface area contributed by atoms with E-state index in [2.05, 4.69) is 57.2 Å². The Morgan fingerprint density at radius 3 is 1.00 bits per heavy atom. The van der Waals surface area contributed by atoms with Crippen LogP contribution in [0.3, 0.4) is 0 Å². The van der Waals surface area contributed by atoms with Crippen LogP contribution in [-0.4, -0.2) is 37.2 Å². The van der Waals surface area contributed by atoms with Gasteiger partial charge in [0.25, 0.3) is 0 Å². The highest BCUT2D eigenvalue weighted by atomic mass is 16.6. The van der Waals surface area contributed by atoms with Crippen molar-refractivity contribution in [2.45, 2.75) is 239 Å². The van der Waals surface area contributed by atoms with Crippen molar-refractivity contribution < 1.29 is 28.6 Å². The van der Waals surface area contributed by atoms with Gasteiger partial charge in [-0.05, 0) is 83.5 Å². The van der Waals surface area contributed by atoms with E-state index < -0.39 is 6.10 Å². The highest BCUT2D eigenvalue weighted by Crippen LogP contribution is 2.14. The summed E-state index contributed by atoms with van der Waals surface area (Å²) in [5.74, 6) is -0.911. The van der Waals surface area contributed by atoms with Crippen molar-refractivity contribution >= 4 is 17.9 Å². The minimum Gasteiger partial charge on any atom is -0.462 e. The van der Waals surface area contributed by atoms with Crippen LogP contribution in [0.5, 0.6) is 0 Å². The number of unbranched alkanes of at least 4 members (excludes halogenated alkanes) is 24. The Balaban J connectivity index is 4.34. The van der Waals surface area contributed by atoms with E-state index in [1.54, 1.807) is 0 Å². The normalized spacial score (nSPS) is 12.3. The van der Waals surface area contributed by atoms with Crippen molar-refractivity contribution in [2.75, 3.05) is 13.2 Å². The van der Waals surface area contributed by atoms with Gasteiger partial charge in [0, 0.05) is 19.3 Å². The van der Waals surface area contributed by atoms with Gasteiger partial charge in [-0.2, -0.15) is 0 Å². The van der Waals surface area contributed by atoms with Crippen LogP contribution >= 0.6 is 0 Å². The molecule has 314 valence electrons. The number of carbonyl (C=O) groups is 3. The van der Waals surface area contributed by atoms with Crippen molar-refractivity contribution in [2.24, 2.45) is 0 Å². The van der Waals surface area contributed by atoms with Gasteiger partial charge < -0.3 is 14.2 Å². The van der Waals surface area contributed by atoms with Gasteiger partial charge in [-0.3, -0.25) is 14.4 Å². The lowest BCUT2D eigenvalue weighted by molar-refractivity contribution is -0.167. The summed E-state index contributed by atoms with van der Waals surface area (Å²) in [5.41, 5.74) is 0. The third kappa shape index (κ3) is 40.8. The van der Waals surface area contributed by atoms with E-state index in [1.807, 2.05) is 0 Å². The third-order valence-corrected chi connectivity index (χ3v) is 9.80. The zero-order valence-electron chi connectivity index (χ0n) is 35.7. The number of carbonyl (C=O) groups excluding carboxylic acids is 3. The zero-order valence-corrected chi connectivity index (χ0v) is 35.7. The molecule has 0 amide bonds. The van der Waals surface area contributed by atoms with Gasteiger partial charge >= 0.3 is 17.9 Å². The standard InChI is InChI=1S/C48H86O6/c1-4-7-10-13-16-19-22-23-24-25-26-27-30-32-35-38-41-47(50)53-44-45(54-48(51)42-39-36-33-29-21-18-15-12-9-6-3)43-52-46(49)40-37-34-31-28-20-17-14-11-8-5-2/h11-12,14-15,24-25,45H,4-10,13,16-23,26-44H2,1-3H3/b14-11-,15-12-,25-24-. The van der Waals surface area contributed by atoms with Crippen LogP contribution in [0.2, 0.25) is 0 Å². The molecule has 0 fully saturated rings. The smallest absolute Gasteiger partial charge is 0.306 e. The maximum Gasteiger partial charge on any atom is 0.306 e. The first-order chi connectivity index (χ1) is 26.5. The Labute approximate surface area is 334 Å². The molecule has 0 saturated carbocycles. The van der Waals surface area contributed by atoms with Crippen LogP contribution < -0.4 is 0 Å². The summed E-state index contributed by atoms with van der Waals surface area (Å²) in [7, 11) is 0. The van der Waals surface area contributed by atoms with E-state index in [0.29, 0.717) is 19.3 Å². The van der Waals surface area contributed by atoms with Crippen LogP contribution in [-0.2, 0) is 28.6 Å². The molecule has 0 radical (unpaired) electrons. The lowest BCUT2D eigenvalue weighted by Gasteiger charge is -2.18. The molecule has 6 nitrogen and oxygen atoms in total. The fourth-order valence-electron chi connectivity index (χ4n) is 6.32.